The first-order valence-corrected chi connectivity index (χ1v) is 5.78. The Balaban J connectivity index is 1.71. The van der Waals surface area contributed by atoms with Gasteiger partial charge in [-0.3, -0.25) is 9.78 Å². The molecule has 2 rings (SSSR count). The molecule has 0 bridgehead atoms. The van der Waals surface area contributed by atoms with Crippen molar-refractivity contribution >= 4 is 11.6 Å². The first-order valence-electron chi connectivity index (χ1n) is 5.78. The van der Waals surface area contributed by atoms with Crippen LogP contribution in [-0.4, -0.2) is 28.6 Å². The molecule has 5 nitrogen and oxygen atoms in total. The second-order valence-corrected chi connectivity index (χ2v) is 4.55. The molecule has 0 atom stereocenters. The lowest BCUT2D eigenvalue weighted by Gasteiger charge is -2.31. The lowest BCUT2D eigenvalue weighted by molar-refractivity contribution is -0.121. The van der Waals surface area contributed by atoms with E-state index in [2.05, 4.69) is 10.3 Å². The Kier molecular flexibility index (Phi) is 3.58. The molecule has 1 aliphatic carbocycles. The second-order valence-electron chi connectivity index (χ2n) is 4.55. The zero-order chi connectivity index (χ0) is 12.3. The van der Waals surface area contributed by atoms with Gasteiger partial charge in [0.15, 0.2) is 0 Å². The van der Waals surface area contributed by atoms with Gasteiger partial charge in [-0.1, -0.05) is 0 Å². The fourth-order valence-corrected chi connectivity index (χ4v) is 1.89. The number of carbonyl (C=O) groups excluding carboxylic acids is 1. The van der Waals surface area contributed by atoms with E-state index in [1.54, 1.807) is 18.3 Å². The topological polar surface area (TPSA) is 88.2 Å². The Hall–Kier alpha value is -1.62. The Morgan fingerprint density at radius 3 is 2.88 bits per heavy atom. The van der Waals surface area contributed by atoms with Gasteiger partial charge in [0, 0.05) is 12.2 Å². The summed E-state index contributed by atoms with van der Waals surface area (Å²) in [6.45, 7) is 0.644. The minimum Gasteiger partial charge on any atom is -0.397 e. The van der Waals surface area contributed by atoms with Crippen molar-refractivity contribution in [3.8, 4) is 0 Å². The summed E-state index contributed by atoms with van der Waals surface area (Å²) in [5.74, 6) is 0.386. The summed E-state index contributed by atoms with van der Waals surface area (Å²) in [6.07, 6.45) is 3.23. The van der Waals surface area contributed by atoms with Crippen LogP contribution in [0.4, 0.5) is 5.69 Å². The maximum Gasteiger partial charge on any atom is 0.226 e. The van der Waals surface area contributed by atoms with E-state index in [0.29, 0.717) is 23.8 Å². The third-order valence-electron chi connectivity index (χ3n) is 2.99. The highest BCUT2D eigenvalue weighted by molar-refractivity contribution is 5.78. The first-order chi connectivity index (χ1) is 8.13. The lowest BCUT2D eigenvalue weighted by Crippen LogP contribution is -2.38. The molecule has 4 N–H and O–H groups in total. The highest BCUT2D eigenvalue weighted by Gasteiger charge is 2.27. The molecule has 1 aromatic heterocycles. The van der Waals surface area contributed by atoms with E-state index in [0.717, 1.165) is 12.8 Å². The van der Waals surface area contributed by atoms with Gasteiger partial charge < -0.3 is 16.2 Å². The van der Waals surface area contributed by atoms with Crippen molar-refractivity contribution in [1.82, 2.24) is 10.3 Å². The molecule has 0 radical (unpaired) electrons. The maximum atomic E-state index is 11.6. The van der Waals surface area contributed by atoms with Crippen LogP contribution in [0.25, 0.3) is 0 Å². The van der Waals surface area contributed by atoms with Gasteiger partial charge in [-0.15, -0.1) is 0 Å². The zero-order valence-electron chi connectivity index (χ0n) is 9.60. The third-order valence-corrected chi connectivity index (χ3v) is 2.99. The quantitative estimate of drug-likeness (QED) is 0.690. The molecule has 0 aliphatic heterocycles. The van der Waals surface area contributed by atoms with Gasteiger partial charge in [0.25, 0.3) is 0 Å². The third kappa shape index (κ3) is 3.42. The first kappa shape index (κ1) is 11.9. The summed E-state index contributed by atoms with van der Waals surface area (Å²) in [6, 6.07) is 3.49. The number of aliphatic hydroxyl groups excluding tert-OH is 1. The number of rotatable bonds is 4. The van der Waals surface area contributed by atoms with Crippen LogP contribution in [0.3, 0.4) is 0 Å². The van der Waals surface area contributed by atoms with E-state index in [1.165, 1.54) is 0 Å². The van der Waals surface area contributed by atoms with Crippen LogP contribution in [0, 0.1) is 5.92 Å². The number of hydrogen-bond donors (Lipinski definition) is 3. The fourth-order valence-electron chi connectivity index (χ4n) is 1.89. The lowest BCUT2D eigenvalue weighted by atomic mass is 9.82. The Bertz CT molecular complexity index is 385. The van der Waals surface area contributed by atoms with Crippen LogP contribution in [0.15, 0.2) is 18.3 Å². The van der Waals surface area contributed by atoms with E-state index in [1.807, 2.05) is 0 Å². The molecule has 0 aromatic carbocycles. The normalized spacial score (nSPS) is 22.9. The summed E-state index contributed by atoms with van der Waals surface area (Å²) < 4.78 is 0. The van der Waals surface area contributed by atoms with Crippen molar-refractivity contribution in [3.63, 3.8) is 0 Å². The molecule has 1 fully saturated rings. The van der Waals surface area contributed by atoms with Crippen LogP contribution in [0.5, 0.6) is 0 Å². The van der Waals surface area contributed by atoms with Crippen molar-refractivity contribution in [3.05, 3.63) is 24.0 Å². The zero-order valence-corrected chi connectivity index (χ0v) is 9.60. The average molecular weight is 235 g/mol. The van der Waals surface area contributed by atoms with E-state index in [9.17, 15) is 4.79 Å². The highest BCUT2D eigenvalue weighted by atomic mass is 16.3. The number of nitrogens with one attached hydrogen (secondary N) is 1. The molecule has 0 unspecified atom stereocenters. The number of pyridine rings is 1. The molecule has 1 saturated carbocycles. The number of nitrogens with zero attached hydrogens (tertiary/aromatic N) is 1. The smallest absolute Gasteiger partial charge is 0.226 e. The van der Waals surface area contributed by atoms with E-state index in [4.69, 9.17) is 10.8 Å². The van der Waals surface area contributed by atoms with Crippen molar-refractivity contribution < 1.29 is 9.90 Å². The van der Waals surface area contributed by atoms with Crippen LogP contribution < -0.4 is 11.1 Å². The summed E-state index contributed by atoms with van der Waals surface area (Å²) in [5.41, 5.74) is 6.82. The number of aromatic nitrogens is 1. The fraction of sp³-hybridized carbons (Fsp3) is 0.500. The SMILES string of the molecule is Nc1ccc(CC(=O)NCC2CC(O)C2)nc1. The number of amides is 1. The molecular weight excluding hydrogens is 218 g/mol. The Morgan fingerprint density at radius 1 is 1.53 bits per heavy atom. The van der Waals surface area contributed by atoms with Gasteiger partial charge in [0.05, 0.1) is 24.4 Å². The maximum absolute atomic E-state index is 11.6. The number of aliphatic hydroxyl groups is 1. The number of nitrogens with two attached hydrogens (primary N) is 1. The van der Waals surface area contributed by atoms with Crippen LogP contribution in [0.1, 0.15) is 18.5 Å². The van der Waals surface area contributed by atoms with Gasteiger partial charge in [-0.05, 0) is 30.9 Å². The highest BCUT2D eigenvalue weighted by Crippen LogP contribution is 2.25. The minimum absolute atomic E-state index is 0.0383. The van der Waals surface area contributed by atoms with Gasteiger partial charge >= 0.3 is 0 Å². The average Bonchev–Trinajstić information content (AvgIpc) is 2.26. The van der Waals surface area contributed by atoms with Crippen LogP contribution in [0.2, 0.25) is 0 Å². The van der Waals surface area contributed by atoms with Crippen molar-refractivity contribution in [2.45, 2.75) is 25.4 Å². The molecule has 5 heteroatoms. The number of carbonyl (C=O) groups is 1. The molecule has 92 valence electrons. The van der Waals surface area contributed by atoms with E-state index in [-0.39, 0.29) is 18.4 Å². The monoisotopic (exact) mass is 235 g/mol. The Morgan fingerprint density at radius 2 is 2.29 bits per heavy atom. The summed E-state index contributed by atoms with van der Waals surface area (Å²) in [7, 11) is 0. The molecular formula is C12H17N3O2. The Labute approximate surface area is 100 Å². The van der Waals surface area contributed by atoms with Crippen molar-refractivity contribution in [1.29, 1.82) is 0 Å². The molecule has 1 aromatic rings. The standard InChI is InChI=1S/C12H17N3O2/c13-9-1-2-10(14-7-9)5-12(17)15-6-8-3-11(16)4-8/h1-2,7-8,11,16H,3-6,13H2,(H,15,17). The number of hydrogen-bond acceptors (Lipinski definition) is 4. The minimum atomic E-state index is -0.171. The van der Waals surface area contributed by atoms with Gasteiger partial charge in [-0.2, -0.15) is 0 Å². The summed E-state index contributed by atoms with van der Waals surface area (Å²) >= 11 is 0. The van der Waals surface area contributed by atoms with Crippen molar-refractivity contribution in [2.75, 3.05) is 12.3 Å². The predicted molar refractivity (Wildman–Crippen MR) is 64.1 cm³/mol. The van der Waals surface area contributed by atoms with E-state index < -0.39 is 0 Å². The molecule has 1 aliphatic rings. The molecule has 17 heavy (non-hydrogen) atoms. The molecule has 0 saturated heterocycles. The largest absolute Gasteiger partial charge is 0.397 e. The number of nitrogen functional groups attached to an aromatic ring is 1. The number of anilines is 1. The predicted octanol–water partition coefficient (Wildman–Crippen LogP) is 0.0934. The summed E-state index contributed by atoms with van der Waals surface area (Å²) in [4.78, 5) is 15.6. The van der Waals surface area contributed by atoms with Gasteiger partial charge in [-0.25, -0.2) is 0 Å². The van der Waals surface area contributed by atoms with Gasteiger partial charge in [0.1, 0.15) is 0 Å². The van der Waals surface area contributed by atoms with Crippen LogP contribution in [-0.2, 0) is 11.2 Å². The van der Waals surface area contributed by atoms with Gasteiger partial charge in [0.2, 0.25) is 5.91 Å². The second kappa shape index (κ2) is 5.14. The van der Waals surface area contributed by atoms with Crippen molar-refractivity contribution in [2.24, 2.45) is 5.92 Å². The molecule has 0 spiro atoms. The summed E-state index contributed by atoms with van der Waals surface area (Å²) in [5, 5.41) is 12.0. The molecule has 1 heterocycles. The van der Waals surface area contributed by atoms with Crippen LogP contribution >= 0.6 is 0 Å². The van der Waals surface area contributed by atoms with E-state index >= 15 is 0 Å². The molecule has 1 amide bonds.